The molecule has 0 unspecified atom stereocenters. The second-order valence-electron chi connectivity index (χ2n) is 6.73. The van der Waals surface area contributed by atoms with E-state index in [0.29, 0.717) is 30.2 Å². The van der Waals surface area contributed by atoms with Gasteiger partial charge in [-0.25, -0.2) is 8.42 Å². The first-order valence-corrected chi connectivity index (χ1v) is 12.2. The number of hydrogen-bond donors (Lipinski definition) is 1. The lowest BCUT2D eigenvalue weighted by Crippen LogP contribution is -2.40. The van der Waals surface area contributed by atoms with Crippen LogP contribution in [-0.4, -0.2) is 57.8 Å². The van der Waals surface area contributed by atoms with E-state index in [0.717, 1.165) is 5.56 Å². The Morgan fingerprint density at radius 2 is 1.94 bits per heavy atom. The zero-order chi connectivity index (χ0) is 22.3. The van der Waals surface area contributed by atoms with Crippen molar-refractivity contribution in [1.82, 2.24) is 4.31 Å². The Morgan fingerprint density at radius 3 is 2.58 bits per heavy atom. The van der Waals surface area contributed by atoms with Crippen LogP contribution in [-0.2, 0) is 25.3 Å². The normalized spacial score (nSPS) is 14.6. The molecule has 10 heteroatoms. The van der Waals surface area contributed by atoms with Gasteiger partial charge >= 0.3 is 0 Å². The van der Waals surface area contributed by atoms with Crippen LogP contribution in [0.5, 0.6) is 5.75 Å². The molecule has 2 aromatic carbocycles. The van der Waals surface area contributed by atoms with E-state index < -0.39 is 10.0 Å². The lowest BCUT2D eigenvalue weighted by Gasteiger charge is -2.26. The predicted octanol–water partition coefficient (Wildman–Crippen LogP) is 2.46. The van der Waals surface area contributed by atoms with Gasteiger partial charge in [0.15, 0.2) is 0 Å². The summed E-state index contributed by atoms with van der Waals surface area (Å²) >= 11 is 1.43. The Morgan fingerprint density at radius 1 is 1.23 bits per heavy atom. The van der Waals surface area contributed by atoms with Crippen LogP contribution < -0.4 is 10.1 Å². The highest BCUT2D eigenvalue weighted by Gasteiger charge is 2.29. The molecule has 0 aliphatic carbocycles. The number of ether oxygens (including phenoxy) is 2. The number of hydrogen-bond acceptors (Lipinski definition) is 7. The van der Waals surface area contributed by atoms with Crippen LogP contribution in [0.3, 0.4) is 0 Å². The van der Waals surface area contributed by atoms with Gasteiger partial charge in [0.25, 0.3) is 0 Å². The number of carbonyl (C=O) groups excluding carboxylic acids is 1. The molecule has 1 fully saturated rings. The van der Waals surface area contributed by atoms with Crippen molar-refractivity contribution < 1.29 is 22.7 Å². The number of nitrogens with one attached hydrogen (secondary N) is 1. The van der Waals surface area contributed by atoms with Crippen molar-refractivity contribution in [2.24, 2.45) is 0 Å². The lowest BCUT2D eigenvalue weighted by molar-refractivity contribution is -0.113. The zero-order valence-corrected chi connectivity index (χ0v) is 18.7. The van der Waals surface area contributed by atoms with E-state index in [-0.39, 0.29) is 35.4 Å². The second kappa shape index (κ2) is 10.6. The third-order valence-corrected chi connectivity index (χ3v) is 7.54. The number of carbonyl (C=O) groups is 1. The number of amides is 1. The molecule has 0 radical (unpaired) electrons. The molecule has 1 heterocycles. The molecule has 1 saturated heterocycles. The molecule has 1 aliphatic rings. The van der Waals surface area contributed by atoms with Crippen molar-refractivity contribution in [3.8, 4) is 11.8 Å². The highest BCUT2D eigenvalue weighted by Crippen LogP contribution is 2.30. The van der Waals surface area contributed by atoms with Crippen LogP contribution in [0.15, 0.2) is 47.4 Å². The number of anilines is 1. The molecule has 3 rings (SSSR count). The van der Waals surface area contributed by atoms with Crippen molar-refractivity contribution in [3.63, 3.8) is 0 Å². The first kappa shape index (κ1) is 23.1. The first-order valence-electron chi connectivity index (χ1n) is 9.56. The molecule has 1 amide bonds. The fourth-order valence-electron chi connectivity index (χ4n) is 3.02. The number of nitrogens with zero attached hydrogens (tertiary/aromatic N) is 2. The van der Waals surface area contributed by atoms with Crippen LogP contribution >= 0.6 is 11.8 Å². The van der Waals surface area contributed by atoms with Crippen LogP contribution in [0.25, 0.3) is 0 Å². The minimum absolute atomic E-state index is 0.0138. The maximum absolute atomic E-state index is 13.0. The summed E-state index contributed by atoms with van der Waals surface area (Å²) < 4.78 is 37.9. The van der Waals surface area contributed by atoms with Crippen LogP contribution in [0.1, 0.15) is 11.1 Å². The molecule has 164 valence electrons. The molecule has 1 N–H and O–H groups in total. The van der Waals surface area contributed by atoms with Crippen molar-refractivity contribution >= 4 is 33.4 Å². The average molecular weight is 462 g/mol. The molecule has 8 nitrogen and oxygen atoms in total. The van der Waals surface area contributed by atoms with Crippen molar-refractivity contribution in [2.45, 2.75) is 10.6 Å². The first-order chi connectivity index (χ1) is 14.9. The molecular formula is C21H23N3O5S2. The monoisotopic (exact) mass is 461 g/mol. The van der Waals surface area contributed by atoms with Crippen molar-refractivity contribution in [1.29, 1.82) is 5.26 Å². The smallest absolute Gasteiger partial charge is 0.246 e. The Kier molecular flexibility index (Phi) is 7.92. The maximum Gasteiger partial charge on any atom is 0.246 e. The minimum Gasteiger partial charge on any atom is -0.495 e. The van der Waals surface area contributed by atoms with Gasteiger partial charge in [-0.05, 0) is 35.9 Å². The van der Waals surface area contributed by atoms with Gasteiger partial charge in [0, 0.05) is 24.5 Å². The summed E-state index contributed by atoms with van der Waals surface area (Å²) in [4.78, 5) is 12.4. The van der Waals surface area contributed by atoms with Gasteiger partial charge in [-0.3, -0.25) is 4.79 Å². The van der Waals surface area contributed by atoms with Crippen LogP contribution in [0.4, 0.5) is 5.69 Å². The molecule has 0 bridgehead atoms. The molecule has 0 aromatic heterocycles. The van der Waals surface area contributed by atoms with Crippen molar-refractivity contribution in [2.75, 3.05) is 44.5 Å². The highest BCUT2D eigenvalue weighted by molar-refractivity contribution is 7.99. The summed E-state index contributed by atoms with van der Waals surface area (Å²) in [6, 6.07) is 13.8. The number of nitriles is 1. The Labute approximate surface area is 186 Å². The summed E-state index contributed by atoms with van der Waals surface area (Å²) in [6.45, 7) is 1.23. The van der Waals surface area contributed by atoms with Gasteiger partial charge in [-0.1, -0.05) is 12.1 Å². The zero-order valence-electron chi connectivity index (χ0n) is 17.0. The summed E-state index contributed by atoms with van der Waals surface area (Å²) in [7, 11) is -2.36. The number of benzene rings is 2. The van der Waals surface area contributed by atoms with Gasteiger partial charge in [0.1, 0.15) is 10.6 Å². The number of methoxy groups -OCH3 is 1. The fourth-order valence-corrected chi connectivity index (χ4v) is 5.39. The number of morpholine rings is 1. The van der Waals surface area contributed by atoms with E-state index in [1.165, 1.54) is 35.3 Å². The van der Waals surface area contributed by atoms with Gasteiger partial charge in [0.05, 0.1) is 37.7 Å². The largest absolute Gasteiger partial charge is 0.495 e. The van der Waals surface area contributed by atoms with Crippen LogP contribution in [0.2, 0.25) is 0 Å². The summed E-state index contributed by atoms with van der Waals surface area (Å²) in [5.74, 6) is 0.814. The van der Waals surface area contributed by atoms with E-state index >= 15 is 0 Å². The number of rotatable bonds is 8. The Hall–Kier alpha value is -2.58. The Bertz CT molecular complexity index is 1060. The molecule has 0 saturated carbocycles. The standard InChI is InChI=1S/C21H23N3O5S2/c1-28-19-7-6-18(12-20(19)31(26,27)24-8-10-29-11-9-24)23-21(25)15-30-14-17-4-2-16(13-22)3-5-17/h2-7,12H,8-11,14-15H2,1H3,(H,23,25). The molecule has 31 heavy (non-hydrogen) atoms. The highest BCUT2D eigenvalue weighted by atomic mass is 32.2. The van der Waals surface area contributed by atoms with Crippen molar-refractivity contribution in [3.05, 3.63) is 53.6 Å². The van der Waals surface area contributed by atoms with E-state index in [1.807, 2.05) is 12.1 Å². The maximum atomic E-state index is 13.0. The SMILES string of the molecule is COc1ccc(NC(=O)CSCc2ccc(C#N)cc2)cc1S(=O)(=O)N1CCOCC1. The molecule has 0 atom stereocenters. The average Bonchev–Trinajstić information content (AvgIpc) is 2.80. The predicted molar refractivity (Wildman–Crippen MR) is 119 cm³/mol. The fraction of sp³-hybridized carbons (Fsp3) is 0.333. The van der Waals surface area contributed by atoms with E-state index in [4.69, 9.17) is 14.7 Å². The summed E-state index contributed by atoms with van der Waals surface area (Å²) in [5.41, 5.74) is 1.99. The number of sulfonamides is 1. The van der Waals surface area contributed by atoms with Crippen LogP contribution in [0, 0.1) is 11.3 Å². The van der Waals surface area contributed by atoms with E-state index in [9.17, 15) is 13.2 Å². The third-order valence-electron chi connectivity index (χ3n) is 4.62. The second-order valence-corrected chi connectivity index (χ2v) is 9.62. The van der Waals surface area contributed by atoms with Gasteiger partial charge in [-0.15, -0.1) is 11.8 Å². The lowest BCUT2D eigenvalue weighted by atomic mass is 10.2. The van der Waals surface area contributed by atoms with E-state index in [1.54, 1.807) is 18.2 Å². The topological polar surface area (TPSA) is 109 Å². The third kappa shape index (κ3) is 5.98. The number of thioether (sulfide) groups is 1. The van der Waals surface area contributed by atoms with Gasteiger partial charge < -0.3 is 14.8 Å². The summed E-state index contributed by atoms with van der Waals surface area (Å²) in [6.07, 6.45) is 0. The molecule has 1 aliphatic heterocycles. The quantitative estimate of drug-likeness (QED) is 0.643. The van der Waals surface area contributed by atoms with Gasteiger partial charge in [-0.2, -0.15) is 9.57 Å². The van der Waals surface area contributed by atoms with Gasteiger partial charge in [0.2, 0.25) is 15.9 Å². The molecule has 2 aromatic rings. The van der Waals surface area contributed by atoms with E-state index in [2.05, 4.69) is 11.4 Å². The Balaban J connectivity index is 1.63. The molecule has 0 spiro atoms. The summed E-state index contributed by atoms with van der Waals surface area (Å²) in [5, 5.41) is 11.6. The minimum atomic E-state index is -3.77. The molecular weight excluding hydrogens is 438 g/mol.